The van der Waals surface area contributed by atoms with Gasteiger partial charge in [-0.25, -0.2) is 13.6 Å². The first-order chi connectivity index (χ1) is 7.88. The zero-order valence-corrected chi connectivity index (χ0v) is 10.0. The Morgan fingerprint density at radius 1 is 1.35 bits per heavy atom. The Morgan fingerprint density at radius 2 is 2.06 bits per heavy atom. The average molecular weight is 257 g/mol. The summed E-state index contributed by atoms with van der Waals surface area (Å²) in [5, 5.41) is 7.76. The number of primary amides is 1. The Labute approximate surface area is 100 Å². The quantitative estimate of drug-likeness (QED) is 0.576. The topological polar surface area (TPSA) is 115 Å². The molecule has 0 radical (unpaired) electrons. The number of primary sulfonamides is 1. The van der Waals surface area contributed by atoms with Gasteiger partial charge in [-0.1, -0.05) is 12.1 Å². The van der Waals surface area contributed by atoms with E-state index in [0.717, 1.165) is 5.56 Å². The van der Waals surface area contributed by atoms with Crippen molar-refractivity contribution in [3.8, 4) is 0 Å². The summed E-state index contributed by atoms with van der Waals surface area (Å²) >= 11 is 0. The van der Waals surface area contributed by atoms with Crippen LogP contribution in [0.1, 0.15) is 15.9 Å². The van der Waals surface area contributed by atoms with Gasteiger partial charge in [0.2, 0.25) is 15.9 Å². The predicted molar refractivity (Wildman–Crippen MR) is 64.6 cm³/mol. The molecule has 94 valence electrons. The highest BCUT2D eigenvalue weighted by molar-refractivity contribution is 7.89. The van der Waals surface area contributed by atoms with E-state index in [9.17, 15) is 13.2 Å². The van der Waals surface area contributed by atoms with E-state index in [-0.39, 0.29) is 12.3 Å². The monoisotopic (exact) mass is 257 g/mol. The summed E-state index contributed by atoms with van der Waals surface area (Å²) in [7, 11) is -3.44. The van der Waals surface area contributed by atoms with E-state index in [2.05, 4.69) is 5.32 Å². The summed E-state index contributed by atoms with van der Waals surface area (Å²) in [6.45, 7) is 0.719. The Kier molecular flexibility index (Phi) is 4.62. The number of hydrogen-bond donors (Lipinski definition) is 3. The first-order valence-corrected chi connectivity index (χ1v) is 6.70. The molecule has 0 bridgehead atoms. The van der Waals surface area contributed by atoms with Crippen LogP contribution in [0.4, 0.5) is 0 Å². The zero-order chi connectivity index (χ0) is 12.9. The largest absolute Gasteiger partial charge is 0.366 e. The average Bonchev–Trinajstić information content (AvgIpc) is 2.23. The first-order valence-electron chi connectivity index (χ1n) is 4.98. The first kappa shape index (κ1) is 13.6. The standard InChI is InChI=1S/C10H15N3O3S/c11-10(14)9-3-1-2-8(6-9)7-13-4-5-17(12,15)16/h1-3,6,13H,4-5,7H2,(H2,11,14)(H2,12,15,16). The molecule has 0 aliphatic heterocycles. The van der Waals surface area contributed by atoms with Crippen LogP contribution >= 0.6 is 0 Å². The third-order valence-electron chi connectivity index (χ3n) is 2.10. The highest BCUT2D eigenvalue weighted by Gasteiger charge is 2.03. The number of amides is 1. The van der Waals surface area contributed by atoms with Crippen LogP contribution in [0, 0.1) is 0 Å². The van der Waals surface area contributed by atoms with Gasteiger partial charge in [-0.3, -0.25) is 4.79 Å². The highest BCUT2D eigenvalue weighted by atomic mass is 32.2. The van der Waals surface area contributed by atoms with Gasteiger partial charge in [-0.15, -0.1) is 0 Å². The van der Waals surface area contributed by atoms with E-state index < -0.39 is 15.9 Å². The maximum atomic E-state index is 10.9. The Hall–Kier alpha value is -1.44. The van der Waals surface area contributed by atoms with Crippen molar-refractivity contribution in [2.75, 3.05) is 12.3 Å². The summed E-state index contributed by atoms with van der Waals surface area (Å²) in [6, 6.07) is 6.82. The lowest BCUT2D eigenvalue weighted by molar-refractivity contribution is 0.1000. The zero-order valence-electron chi connectivity index (χ0n) is 9.22. The minimum atomic E-state index is -3.44. The van der Waals surface area contributed by atoms with Crippen LogP contribution in [-0.4, -0.2) is 26.6 Å². The molecule has 6 nitrogen and oxygen atoms in total. The fourth-order valence-corrected chi connectivity index (χ4v) is 1.71. The minimum Gasteiger partial charge on any atom is -0.366 e. The third kappa shape index (κ3) is 5.43. The highest BCUT2D eigenvalue weighted by Crippen LogP contribution is 2.04. The Bertz CT molecular complexity index is 499. The number of hydrogen-bond acceptors (Lipinski definition) is 4. The number of nitrogens with one attached hydrogen (secondary N) is 1. The van der Waals surface area contributed by atoms with E-state index in [1.54, 1.807) is 18.2 Å². The fourth-order valence-electron chi connectivity index (χ4n) is 1.28. The van der Waals surface area contributed by atoms with Crippen LogP contribution in [0.2, 0.25) is 0 Å². The molecule has 0 saturated heterocycles. The van der Waals surface area contributed by atoms with Crippen molar-refractivity contribution in [3.05, 3.63) is 35.4 Å². The molecule has 5 N–H and O–H groups in total. The minimum absolute atomic E-state index is 0.123. The van der Waals surface area contributed by atoms with Crippen LogP contribution in [0.3, 0.4) is 0 Å². The van der Waals surface area contributed by atoms with Gasteiger partial charge in [-0.2, -0.15) is 0 Å². The van der Waals surface area contributed by atoms with Crippen molar-refractivity contribution in [1.82, 2.24) is 5.32 Å². The molecule has 1 rings (SSSR count). The summed E-state index contributed by atoms with van der Waals surface area (Å²) in [6.07, 6.45) is 0. The van der Waals surface area contributed by atoms with Crippen molar-refractivity contribution in [3.63, 3.8) is 0 Å². The van der Waals surface area contributed by atoms with Gasteiger partial charge in [0.05, 0.1) is 5.75 Å². The van der Waals surface area contributed by atoms with Crippen molar-refractivity contribution < 1.29 is 13.2 Å². The second-order valence-electron chi connectivity index (χ2n) is 3.61. The number of rotatable bonds is 6. The smallest absolute Gasteiger partial charge is 0.248 e. The molecule has 0 fully saturated rings. The van der Waals surface area contributed by atoms with E-state index in [1.807, 2.05) is 6.07 Å². The molecule has 0 atom stereocenters. The van der Waals surface area contributed by atoms with E-state index >= 15 is 0 Å². The van der Waals surface area contributed by atoms with Gasteiger partial charge in [0, 0.05) is 18.7 Å². The van der Waals surface area contributed by atoms with Crippen LogP contribution in [0.15, 0.2) is 24.3 Å². The summed E-state index contributed by atoms with van der Waals surface area (Å²) in [4.78, 5) is 10.9. The van der Waals surface area contributed by atoms with Gasteiger partial charge in [0.15, 0.2) is 0 Å². The predicted octanol–water partition coefficient (Wildman–Crippen LogP) is -0.836. The van der Waals surface area contributed by atoms with E-state index in [0.29, 0.717) is 12.1 Å². The summed E-state index contributed by atoms with van der Waals surface area (Å²) < 4.78 is 21.3. The summed E-state index contributed by atoms with van der Waals surface area (Å²) in [5.74, 6) is -0.612. The van der Waals surface area contributed by atoms with Crippen LogP contribution in [0.5, 0.6) is 0 Å². The Morgan fingerprint density at radius 3 is 2.65 bits per heavy atom. The lowest BCUT2D eigenvalue weighted by Gasteiger charge is -2.05. The van der Waals surface area contributed by atoms with E-state index in [1.165, 1.54) is 0 Å². The molecule has 1 aromatic rings. The maximum Gasteiger partial charge on any atom is 0.248 e. The molecule has 0 aromatic heterocycles. The van der Waals surface area contributed by atoms with Gasteiger partial charge in [-0.05, 0) is 17.7 Å². The third-order valence-corrected chi connectivity index (χ3v) is 2.88. The number of sulfonamides is 1. The van der Waals surface area contributed by atoms with Crippen molar-refractivity contribution in [1.29, 1.82) is 0 Å². The lowest BCUT2D eigenvalue weighted by Crippen LogP contribution is -2.26. The van der Waals surface area contributed by atoms with Crippen LogP contribution < -0.4 is 16.2 Å². The molecule has 1 amide bonds. The van der Waals surface area contributed by atoms with Crippen molar-refractivity contribution >= 4 is 15.9 Å². The van der Waals surface area contributed by atoms with Gasteiger partial charge < -0.3 is 11.1 Å². The van der Waals surface area contributed by atoms with E-state index in [4.69, 9.17) is 10.9 Å². The van der Waals surface area contributed by atoms with Gasteiger partial charge in [0.1, 0.15) is 0 Å². The number of carbonyl (C=O) groups excluding carboxylic acids is 1. The molecule has 0 heterocycles. The molecule has 0 aliphatic carbocycles. The van der Waals surface area contributed by atoms with Gasteiger partial charge in [0.25, 0.3) is 0 Å². The molecular formula is C10H15N3O3S. The lowest BCUT2D eigenvalue weighted by atomic mass is 10.1. The normalized spacial score (nSPS) is 11.4. The molecule has 0 saturated carbocycles. The maximum absolute atomic E-state index is 10.9. The van der Waals surface area contributed by atoms with Crippen LogP contribution in [0.25, 0.3) is 0 Å². The molecular weight excluding hydrogens is 242 g/mol. The van der Waals surface area contributed by atoms with Crippen molar-refractivity contribution in [2.45, 2.75) is 6.54 Å². The van der Waals surface area contributed by atoms with Crippen molar-refractivity contribution in [2.24, 2.45) is 10.9 Å². The second kappa shape index (κ2) is 5.76. The number of carbonyl (C=O) groups is 1. The number of benzene rings is 1. The second-order valence-corrected chi connectivity index (χ2v) is 5.34. The molecule has 0 unspecified atom stereocenters. The molecule has 7 heteroatoms. The molecule has 1 aromatic carbocycles. The molecule has 0 aliphatic rings. The summed E-state index contributed by atoms with van der Waals surface area (Å²) in [5.41, 5.74) is 6.42. The molecule has 17 heavy (non-hydrogen) atoms. The molecule has 0 spiro atoms. The van der Waals surface area contributed by atoms with Crippen LogP contribution in [-0.2, 0) is 16.6 Å². The Balaban J connectivity index is 2.47. The van der Waals surface area contributed by atoms with Gasteiger partial charge >= 0.3 is 0 Å². The SMILES string of the molecule is NC(=O)c1cccc(CNCCS(N)(=O)=O)c1. The fraction of sp³-hybridized carbons (Fsp3) is 0.300. The number of nitrogens with two attached hydrogens (primary N) is 2.